The van der Waals surface area contributed by atoms with Gasteiger partial charge in [-0.3, -0.25) is 20.4 Å². The summed E-state index contributed by atoms with van der Waals surface area (Å²) in [6.07, 6.45) is 1.39. The molecule has 1 aliphatic rings. The molecule has 0 saturated carbocycles. The van der Waals surface area contributed by atoms with Gasteiger partial charge in [0.2, 0.25) is 15.9 Å². The van der Waals surface area contributed by atoms with E-state index in [9.17, 15) is 18.0 Å². The first kappa shape index (κ1) is 23.0. The van der Waals surface area contributed by atoms with E-state index in [0.717, 1.165) is 16.5 Å². The van der Waals surface area contributed by atoms with E-state index in [2.05, 4.69) is 15.8 Å². The molecule has 1 saturated heterocycles. The number of rotatable bonds is 5. The van der Waals surface area contributed by atoms with E-state index in [0.29, 0.717) is 0 Å². The number of aromatic nitrogens is 1. The smallest absolute Gasteiger partial charge is 0.269 e. The number of nitrogens with zero attached hydrogens (tertiary/aromatic N) is 1. The van der Waals surface area contributed by atoms with Gasteiger partial charge in [-0.05, 0) is 43.7 Å². The van der Waals surface area contributed by atoms with Crippen LogP contribution in [0.25, 0.3) is 10.9 Å². The molecule has 10 heteroatoms. The zero-order valence-corrected chi connectivity index (χ0v) is 19.2. The highest BCUT2D eigenvalue weighted by Gasteiger charge is 2.32. The third-order valence-corrected chi connectivity index (χ3v) is 7.29. The lowest BCUT2D eigenvalue weighted by molar-refractivity contribution is -0.121. The minimum atomic E-state index is -3.79. The summed E-state index contributed by atoms with van der Waals surface area (Å²) in [6.45, 7) is 4.13. The minimum absolute atomic E-state index is 0.0153. The molecule has 3 N–H and O–H groups in total. The first-order valence-electron chi connectivity index (χ1n) is 10.6. The molecule has 9 nitrogen and oxygen atoms in total. The average molecular weight is 471 g/mol. The van der Waals surface area contributed by atoms with Crippen molar-refractivity contribution in [2.45, 2.75) is 37.4 Å². The van der Waals surface area contributed by atoms with Crippen LogP contribution >= 0.6 is 0 Å². The van der Waals surface area contributed by atoms with Crippen molar-refractivity contribution in [1.82, 2.24) is 20.1 Å². The van der Waals surface area contributed by atoms with Crippen LogP contribution in [0.2, 0.25) is 0 Å². The van der Waals surface area contributed by atoms with Crippen molar-refractivity contribution in [1.29, 1.82) is 0 Å². The van der Waals surface area contributed by atoms with Gasteiger partial charge in [0.05, 0.1) is 23.5 Å². The van der Waals surface area contributed by atoms with E-state index in [-0.39, 0.29) is 42.2 Å². The Hall–Kier alpha value is -3.21. The van der Waals surface area contributed by atoms with Crippen LogP contribution in [0.5, 0.6) is 0 Å². The molecule has 3 aromatic rings. The zero-order valence-electron chi connectivity index (χ0n) is 18.4. The Morgan fingerprint density at radius 2 is 1.79 bits per heavy atom. The number of hydrogen-bond donors (Lipinski definition) is 3. The topological polar surface area (TPSA) is 121 Å². The number of hydrazine groups is 1. The van der Waals surface area contributed by atoms with Crippen LogP contribution in [0.1, 0.15) is 29.8 Å². The van der Waals surface area contributed by atoms with E-state index in [1.165, 1.54) is 28.6 Å². The summed E-state index contributed by atoms with van der Waals surface area (Å²) in [7, 11) is -3.79. The summed E-state index contributed by atoms with van der Waals surface area (Å²) in [5, 5.41) is 0.934. The summed E-state index contributed by atoms with van der Waals surface area (Å²) < 4.78 is 33.1. The van der Waals surface area contributed by atoms with E-state index < -0.39 is 21.8 Å². The number of ether oxygens (including phenoxy) is 1. The lowest BCUT2D eigenvalue weighted by Gasteiger charge is -2.34. The maximum Gasteiger partial charge on any atom is 0.269 e. The molecule has 2 aromatic carbocycles. The number of para-hydroxylation sites is 1. The summed E-state index contributed by atoms with van der Waals surface area (Å²) >= 11 is 0. The molecule has 0 spiro atoms. The Morgan fingerprint density at radius 3 is 2.55 bits per heavy atom. The van der Waals surface area contributed by atoms with Crippen LogP contribution in [0.4, 0.5) is 0 Å². The lowest BCUT2D eigenvalue weighted by atomic mass is 10.1. The largest absolute Gasteiger partial charge is 0.373 e. The summed E-state index contributed by atoms with van der Waals surface area (Å²) in [5.41, 5.74) is 6.59. The van der Waals surface area contributed by atoms with Gasteiger partial charge >= 0.3 is 0 Å². The Labute approximate surface area is 192 Å². The molecule has 2 atom stereocenters. The molecule has 1 fully saturated rings. The van der Waals surface area contributed by atoms with Crippen molar-refractivity contribution in [3.05, 3.63) is 65.9 Å². The molecule has 1 aliphatic heterocycles. The Kier molecular flexibility index (Phi) is 6.50. The number of hydrogen-bond acceptors (Lipinski definition) is 5. The van der Waals surface area contributed by atoms with Gasteiger partial charge in [0.1, 0.15) is 0 Å². The van der Waals surface area contributed by atoms with Crippen LogP contribution in [0.3, 0.4) is 0 Å². The zero-order chi connectivity index (χ0) is 23.6. The molecule has 2 heterocycles. The number of fused-ring (bicyclic) bond motifs is 1. The van der Waals surface area contributed by atoms with E-state index in [4.69, 9.17) is 4.74 Å². The molecule has 0 radical (unpaired) electrons. The normalized spacial score (nSPS) is 19.3. The average Bonchev–Trinajstić information content (AvgIpc) is 3.19. The molecule has 0 aliphatic carbocycles. The second-order valence-corrected chi connectivity index (χ2v) is 10.1. The number of benzene rings is 2. The highest BCUT2D eigenvalue weighted by molar-refractivity contribution is 7.89. The monoisotopic (exact) mass is 470 g/mol. The van der Waals surface area contributed by atoms with Gasteiger partial charge in [-0.1, -0.05) is 24.3 Å². The van der Waals surface area contributed by atoms with E-state index >= 15 is 0 Å². The highest BCUT2D eigenvalue weighted by atomic mass is 32.2. The highest BCUT2D eigenvalue weighted by Crippen LogP contribution is 2.22. The number of H-pyrrole nitrogens is 1. The number of carbonyl (C=O) groups excluding carboxylic acids is 2. The van der Waals surface area contributed by atoms with Crippen LogP contribution in [0, 0.1) is 0 Å². The summed E-state index contributed by atoms with van der Waals surface area (Å²) in [6, 6.07) is 13.4. The van der Waals surface area contributed by atoms with Crippen molar-refractivity contribution >= 4 is 32.7 Å². The van der Waals surface area contributed by atoms with E-state index in [1.54, 1.807) is 6.20 Å². The molecule has 4 rings (SSSR count). The van der Waals surface area contributed by atoms with Crippen LogP contribution < -0.4 is 10.9 Å². The summed E-state index contributed by atoms with van der Waals surface area (Å²) in [4.78, 5) is 28.0. The number of aromatic amines is 1. The third kappa shape index (κ3) is 5.08. The molecule has 2 unspecified atom stereocenters. The number of nitrogens with one attached hydrogen (secondary N) is 3. The fraction of sp³-hybridized carbons (Fsp3) is 0.304. The lowest BCUT2D eigenvalue weighted by Crippen LogP contribution is -2.48. The SMILES string of the molecule is CC1CN(S(=O)(=O)c2cccc(C(=O)NNC(=O)Cc3c[nH]c4ccccc34)c2)CC(C)O1. The fourth-order valence-electron chi connectivity index (χ4n) is 3.97. The van der Waals surface area contributed by atoms with Gasteiger partial charge in [-0.15, -0.1) is 0 Å². The van der Waals surface area contributed by atoms with Gasteiger partial charge < -0.3 is 9.72 Å². The molecule has 174 valence electrons. The molecule has 2 amide bonds. The molecule has 0 bridgehead atoms. The van der Waals surface area contributed by atoms with Crippen molar-refractivity contribution in [2.24, 2.45) is 0 Å². The van der Waals surface area contributed by atoms with Crippen molar-refractivity contribution in [3.8, 4) is 0 Å². The van der Waals surface area contributed by atoms with Crippen molar-refractivity contribution in [3.63, 3.8) is 0 Å². The Bertz CT molecular complexity index is 1280. The molecule has 33 heavy (non-hydrogen) atoms. The number of amides is 2. The summed E-state index contributed by atoms with van der Waals surface area (Å²) in [5.74, 6) is -1.00. The third-order valence-electron chi connectivity index (χ3n) is 5.46. The van der Waals surface area contributed by atoms with Crippen LogP contribution in [-0.2, 0) is 26.0 Å². The van der Waals surface area contributed by atoms with Gasteiger partial charge in [0.25, 0.3) is 5.91 Å². The fourth-order valence-corrected chi connectivity index (χ4v) is 5.60. The maximum atomic E-state index is 13.1. The number of morpholine rings is 1. The minimum Gasteiger partial charge on any atom is -0.373 e. The predicted molar refractivity (Wildman–Crippen MR) is 123 cm³/mol. The molecule has 1 aromatic heterocycles. The Balaban J connectivity index is 1.41. The number of sulfonamides is 1. The predicted octanol–water partition coefficient (Wildman–Crippen LogP) is 1.97. The van der Waals surface area contributed by atoms with Crippen LogP contribution in [-0.4, -0.2) is 54.8 Å². The van der Waals surface area contributed by atoms with Crippen LogP contribution in [0.15, 0.2) is 59.6 Å². The van der Waals surface area contributed by atoms with Gasteiger partial charge in [-0.25, -0.2) is 8.42 Å². The second kappa shape index (κ2) is 9.34. The Morgan fingerprint density at radius 1 is 1.06 bits per heavy atom. The van der Waals surface area contributed by atoms with Gasteiger partial charge in [0, 0.05) is 35.8 Å². The van der Waals surface area contributed by atoms with Crippen molar-refractivity contribution < 1.29 is 22.7 Å². The van der Waals surface area contributed by atoms with Gasteiger partial charge in [0.15, 0.2) is 0 Å². The maximum absolute atomic E-state index is 13.1. The standard InChI is InChI=1S/C23H26N4O5S/c1-15-13-27(14-16(2)32-15)33(30,31)19-7-5-6-17(10-19)23(29)26-25-22(28)11-18-12-24-21-9-4-3-8-20(18)21/h3-10,12,15-16,24H,11,13-14H2,1-2H3,(H,25,28)(H,26,29). The second-order valence-electron chi connectivity index (χ2n) is 8.15. The van der Waals surface area contributed by atoms with E-state index in [1.807, 2.05) is 38.1 Å². The molecular formula is C23H26N4O5S. The number of carbonyl (C=O) groups is 2. The quantitative estimate of drug-likeness (QED) is 0.493. The molecular weight excluding hydrogens is 444 g/mol. The van der Waals surface area contributed by atoms with Crippen molar-refractivity contribution in [2.75, 3.05) is 13.1 Å². The first-order valence-corrected chi connectivity index (χ1v) is 12.1. The van der Waals surface area contributed by atoms with Gasteiger partial charge in [-0.2, -0.15) is 4.31 Å². The first-order chi connectivity index (χ1) is 15.7.